The second-order valence-corrected chi connectivity index (χ2v) is 3.96. The lowest BCUT2D eigenvalue weighted by molar-refractivity contribution is 0.0529. The Hall–Kier alpha value is -0.860. The van der Waals surface area contributed by atoms with E-state index >= 15 is 0 Å². The largest absolute Gasteiger partial charge is 0.372 e. The first-order chi connectivity index (χ1) is 6.84. The Morgan fingerprint density at radius 3 is 2.79 bits per heavy atom. The summed E-state index contributed by atoms with van der Waals surface area (Å²) in [6.07, 6.45) is 1.53. The zero-order chi connectivity index (χ0) is 9.80. The van der Waals surface area contributed by atoms with E-state index in [9.17, 15) is 0 Å². The fraction of sp³-hybridized carbons (Fsp3) is 0.500. The smallest absolute Gasteiger partial charge is 0.0721 e. The van der Waals surface area contributed by atoms with Gasteiger partial charge in [-0.15, -0.1) is 0 Å². The summed E-state index contributed by atoms with van der Waals surface area (Å²) in [5.41, 5.74) is 1.26. The van der Waals surface area contributed by atoms with Gasteiger partial charge < -0.3 is 10.1 Å². The van der Waals surface area contributed by atoms with Gasteiger partial charge in [0.15, 0.2) is 0 Å². The van der Waals surface area contributed by atoms with Crippen LogP contribution in [0.15, 0.2) is 30.3 Å². The first kappa shape index (κ1) is 9.69. The van der Waals surface area contributed by atoms with Gasteiger partial charge in [-0.1, -0.05) is 30.3 Å². The number of rotatable bonds is 3. The van der Waals surface area contributed by atoms with Crippen LogP contribution in [0.25, 0.3) is 0 Å². The summed E-state index contributed by atoms with van der Waals surface area (Å²) in [6.45, 7) is 3.93. The van der Waals surface area contributed by atoms with Crippen LogP contribution >= 0.6 is 0 Å². The molecule has 0 amide bonds. The van der Waals surface area contributed by atoms with Gasteiger partial charge in [0.05, 0.1) is 12.7 Å². The fourth-order valence-electron chi connectivity index (χ4n) is 1.81. The predicted molar refractivity (Wildman–Crippen MR) is 57.1 cm³/mol. The summed E-state index contributed by atoms with van der Waals surface area (Å²) >= 11 is 0. The minimum Gasteiger partial charge on any atom is -0.372 e. The molecule has 0 radical (unpaired) electrons. The topological polar surface area (TPSA) is 21.3 Å². The molecule has 76 valence electrons. The molecule has 1 saturated heterocycles. The van der Waals surface area contributed by atoms with Gasteiger partial charge in [0, 0.05) is 12.6 Å². The van der Waals surface area contributed by atoms with Crippen LogP contribution in [0.1, 0.15) is 18.9 Å². The van der Waals surface area contributed by atoms with Crippen LogP contribution in [0.4, 0.5) is 0 Å². The highest BCUT2D eigenvalue weighted by Crippen LogP contribution is 2.12. The molecule has 1 heterocycles. The van der Waals surface area contributed by atoms with Crippen molar-refractivity contribution in [2.24, 2.45) is 0 Å². The maximum absolute atomic E-state index is 5.80. The standard InChI is InChI=1S/C12H17NO/c1-10-7-12(8-13-10)14-9-11-5-3-2-4-6-11/h2-6,10,12-13H,7-9H2,1H3/t10-,12-/m1/s1. The molecule has 2 atom stereocenters. The van der Waals surface area contributed by atoms with Crippen LogP contribution in [0.5, 0.6) is 0 Å². The van der Waals surface area contributed by atoms with Gasteiger partial charge in [-0.2, -0.15) is 0 Å². The van der Waals surface area contributed by atoms with E-state index in [2.05, 4.69) is 24.4 Å². The zero-order valence-corrected chi connectivity index (χ0v) is 8.57. The predicted octanol–water partition coefficient (Wildman–Crippen LogP) is 1.95. The minimum atomic E-state index is 0.394. The van der Waals surface area contributed by atoms with E-state index in [1.165, 1.54) is 5.56 Å². The van der Waals surface area contributed by atoms with E-state index in [4.69, 9.17) is 4.74 Å². The van der Waals surface area contributed by atoms with Crippen LogP contribution in [0, 0.1) is 0 Å². The number of hydrogen-bond acceptors (Lipinski definition) is 2. The van der Waals surface area contributed by atoms with Gasteiger partial charge in [0.1, 0.15) is 0 Å². The summed E-state index contributed by atoms with van der Waals surface area (Å²) in [7, 11) is 0. The molecule has 1 aromatic carbocycles. The lowest BCUT2D eigenvalue weighted by Gasteiger charge is -2.10. The maximum atomic E-state index is 5.80. The summed E-state index contributed by atoms with van der Waals surface area (Å²) in [4.78, 5) is 0. The average molecular weight is 191 g/mol. The minimum absolute atomic E-state index is 0.394. The number of ether oxygens (including phenoxy) is 1. The Kier molecular flexibility index (Phi) is 3.17. The molecule has 2 nitrogen and oxygen atoms in total. The van der Waals surface area contributed by atoms with Crippen molar-refractivity contribution in [2.45, 2.75) is 32.1 Å². The molecule has 2 heteroatoms. The molecule has 0 unspecified atom stereocenters. The Bertz CT molecular complexity index is 273. The molecule has 0 bridgehead atoms. The van der Waals surface area contributed by atoms with E-state index in [0.717, 1.165) is 19.6 Å². The molecule has 0 saturated carbocycles. The third kappa shape index (κ3) is 2.56. The molecule has 1 aliphatic heterocycles. The molecule has 1 aliphatic rings. The molecule has 1 aromatic rings. The third-order valence-electron chi connectivity index (χ3n) is 2.64. The Morgan fingerprint density at radius 2 is 2.14 bits per heavy atom. The molecule has 0 spiro atoms. The summed E-state index contributed by atoms with van der Waals surface area (Å²) in [5.74, 6) is 0. The molecular weight excluding hydrogens is 174 g/mol. The highest BCUT2D eigenvalue weighted by atomic mass is 16.5. The lowest BCUT2D eigenvalue weighted by atomic mass is 10.2. The Morgan fingerprint density at radius 1 is 1.36 bits per heavy atom. The normalized spacial score (nSPS) is 26.6. The van der Waals surface area contributed by atoms with Gasteiger partial charge in [0.25, 0.3) is 0 Å². The first-order valence-electron chi connectivity index (χ1n) is 5.23. The highest BCUT2D eigenvalue weighted by molar-refractivity contribution is 5.13. The number of benzene rings is 1. The van der Waals surface area contributed by atoms with Crippen molar-refractivity contribution < 1.29 is 4.74 Å². The molecule has 14 heavy (non-hydrogen) atoms. The van der Waals surface area contributed by atoms with Crippen molar-refractivity contribution in [1.29, 1.82) is 0 Å². The molecule has 1 N–H and O–H groups in total. The van der Waals surface area contributed by atoms with Crippen LogP contribution in [-0.2, 0) is 11.3 Å². The van der Waals surface area contributed by atoms with Gasteiger partial charge in [-0.3, -0.25) is 0 Å². The maximum Gasteiger partial charge on any atom is 0.0721 e. The Balaban J connectivity index is 1.78. The lowest BCUT2D eigenvalue weighted by Crippen LogP contribution is -2.18. The van der Waals surface area contributed by atoms with E-state index < -0.39 is 0 Å². The quantitative estimate of drug-likeness (QED) is 0.788. The van der Waals surface area contributed by atoms with Crippen LogP contribution in [-0.4, -0.2) is 18.7 Å². The van der Waals surface area contributed by atoms with Crippen molar-refractivity contribution in [2.75, 3.05) is 6.54 Å². The van der Waals surface area contributed by atoms with Gasteiger partial charge in [-0.25, -0.2) is 0 Å². The first-order valence-corrected chi connectivity index (χ1v) is 5.23. The highest BCUT2D eigenvalue weighted by Gasteiger charge is 2.20. The van der Waals surface area contributed by atoms with Crippen molar-refractivity contribution in [3.05, 3.63) is 35.9 Å². The molecule has 1 fully saturated rings. The van der Waals surface area contributed by atoms with Gasteiger partial charge in [0.2, 0.25) is 0 Å². The van der Waals surface area contributed by atoms with E-state index in [0.29, 0.717) is 12.1 Å². The van der Waals surface area contributed by atoms with Crippen molar-refractivity contribution in [3.8, 4) is 0 Å². The number of hydrogen-bond donors (Lipinski definition) is 1. The second kappa shape index (κ2) is 4.58. The third-order valence-corrected chi connectivity index (χ3v) is 2.64. The SMILES string of the molecule is C[C@@H]1C[C@@H](OCc2ccccc2)CN1. The number of nitrogens with one attached hydrogen (secondary N) is 1. The summed E-state index contributed by atoms with van der Waals surface area (Å²) in [5, 5.41) is 3.38. The van der Waals surface area contributed by atoms with Gasteiger partial charge >= 0.3 is 0 Å². The van der Waals surface area contributed by atoms with Crippen molar-refractivity contribution in [1.82, 2.24) is 5.32 Å². The van der Waals surface area contributed by atoms with E-state index in [1.54, 1.807) is 0 Å². The second-order valence-electron chi connectivity index (χ2n) is 3.96. The molecule has 0 aliphatic carbocycles. The molecule has 2 rings (SSSR count). The fourth-order valence-corrected chi connectivity index (χ4v) is 1.81. The van der Waals surface area contributed by atoms with E-state index in [-0.39, 0.29) is 0 Å². The monoisotopic (exact) mass is 191 g/mol. The van der Waals surface area contributed by atoms with Crippen LogP contribution in [0.3, 0.4) is 0 Å². The average Bonchev–Trinajstić information content (AvgIpc) is 2.63. The summed E-state index contributed by atoms with van der Waals surface area (Å²) in [6, 6.07) is 10.9. The van der Waals surface area contributed by atoms with Crippen LogP contribution < -0.4 is 5.32 Å². The Labute approximate surface area is 85.3 Å². The van der Waals surface area contributed by atoms with Crippen molar-refractivity contribution in [3.63, 3.8) is 0 Å². The molecular formula is C12H17NO. The molecule has 0 aromatic heterocycles. The van der Waals surface area contributed by atoms with Crippen LogP contribution in [0.2, 0.25) is 0 Å². The zero-order valence-electron chi connectivity index (χ0n) is 8.57. The summed E-state index contributed by atoms with van der Waals surface area (Å²) < 4.78 is 5.80. The van der Waals surface area contributed by atoms with E-state index in [1.807, 2.05) is 18.2 Å². The van der Waals surface area contributed by atoms with Gasteiger partial charge in [-0.05, 0) is 18.9 Å². The van der Waals surface area contributed by atoms with Crippen molar-refractivity contribution >= 4 is 0 Å².